The van der Waals surface area contributed by atoms with Crippen molar-refractivity contribution in [1.82, 2.24) is 0 Å². The molecule has 3 saturated carbocycles. The molecule has 0 heterocycles. The lowest BCUT2D eigenvalue weighted by atomic mass is 9.51. The Balaban J connectivity index is 1.33. The number of hydrogen-bond acceptors (Lipinski definition) is 3. The van der Waals surface area contributed by atoms with E-state index in [0.717, 1.165) is 49.5 Å². The second-order valence-electron chi connectivity index (χ2n) is 10.6. The molecule has 0 saturated heterocycles. The van der Waals surface area contributed by atoms with Crippen molar-refractivity contribution in [1.29, 1.82) is 0 Å². The van der Waals surface area contributed by atoms with Gasteiger partial charge in [-0.2, -0.15) is 0 Å². The van der Waals surface area contributed by atoms with Crippen LogP contribution in [0.4, 0.5) is 0 Å². The summed E-state index contributed by atoms with van der Waals surface area (Å²) in [7, 11) is 0. The predicted octanol–water partition coefficient (Wildman–Crippen LogP) is 6.23. The minimum atomic E-state index is -0.215. The van der Waals surface area contributed by atoms with E-state index in [2.05, 4.69) is 6.92 Å². The number of rotatable bonds is 4. The van der Waals surface area contributed by atoms with Crippen molar-refractivity contribution in [3.05, 3.63) is 47.5 Å². The maximum atomic E-state index is 13.1. The first-order chi connectivity index (χ1) is 15.0. The zero-order chi connectivity index (χ0) is 21.6. The van der Waals surface area contributed by atoms with Crippen molar-refractivity contribution in [2.45, 2.75) is 83.7 Å². The average molecular weight is 421 g/mol. The summed E-state index contributed by atoms with van der Waals surface area (Å²) in [5.74, 6) is 2.82. The Morgan fingerprint density at radius 1 is 1.06 bits per heavy atom. The van der Waals surface area contributed by atoms with Gasteiger partial charge in [0.2, 0.25) is 0 Å². The van der Waals surface area contributed by atoms with Gasteiger partial charge in [0.1, 0.15) is 6.10 Å². The fraction of sp³-hybridized carbons (Fsp3) is 0.643. The van der Waals surface area contributed by atoms with Gasteiger partial charge in [-0.3, -0.25) is 9.59 Å². The van der Waals surface area contributed by atoms with Crippen LogP contribution >= 0.6 is 0 Å². The maximum absolute atomic E-state index is 13.1. The number of carbonyl (C=O) groups excluding carboxylic acids is 2. The van der Waals surface area contributed by atoms with E-state index in [1.54, 1.807) is 0 Å². The number of hydrogen-bond donors (Lipinski definition) is 0. The number of carbonyl (C=O) groups is 2. The lowest BCUT2D eigenvalue weighted by molar-refractivity contribution is -0.162. The number of esters is 1. The van der Waals surface area contributed by atoms with Crippen molar-refractivity contribution in [3.8, 4) is 0 Å². The van der Waals surface area contributed by atoms with Gasteiger partial charge in [0.25, 0.3) is 0 Å². The maximum Gasteiger partial charge on any atom is 0.313 e. The van der Waals surface area contributed by atoms with Crippen LogP contribution in [0.15, 0.2) is 42.0 Å². The highest BCUT2D eigenvalue weighted by Gasteiger charge is 2.59. The third-order valence-electron chi connectivity index (χ3n) is 9.51. The lowest BCUT2D eigenvalue weighted by Crippen LogP contribution is -2.49. The quantitative estimate of drug-likeness (QED) is 0.542. The van der Waals surface area contributed by atoms with Crippen LogP contribution in [-0.2, 0) is 14.3 Å². The number of fused-ring (bicyclic) bond motifs is 5. The summed E-state index contributed by atoms with van der Waals surface area (Å²) < 4.78 is 6.30. The summed E-state index contributed by atoms with van der Waals surface area (Å²) in [6.07, 6.45) is 11.9. The van der Waals surface area contributed by atoms with Crippen LogP contribution in [0.3, 0.4) is 0 Å². The lowest BCUT2D eigenvalue weighted by Gasteiger charge is -2.54. The van der Waals surface area contributed by atoms with Gasteiger partial charge in [0.05, 0.1) is 5.92 Å². The van der Waals surface area contributed by atoms with E-state index in [1.165, 1.54) is 31.3 Å². The summed E-state index contributed by atoms with van der Waals surface area (Å²) in [6, 6.07) is 10.0. The van der Waals surface area contributed by atoms with Crippen molar-refractivity contribution >= 4 is 11.8 Å². The SMILES string of the molecule is CC[C@]12CC[C@H]3[C@@H](CCC4=CC(=O)CC[C@@H]43)[C@@H]1CC[C@@H]2OC(=O)C(C)c1ccccc1. The van der Waals surface area contributed by atoms with E-state index in [0.29, 0.717) is 17.6 Å². The van der Waals surface area contributed by atoms with Crippen LogP contribution < -0.4 is 0 Å². The van der Waals surface area contributed by atoms with Gasteiger partial charge in [0, 0.05) is 11.8 Å². The molecule has 0 amide bonds. The summed E-state index contributed by atoms with van der Waals surface area (Å²) in [5, 5.41) is 0. The van der Waals surface area contributed by atoms with Crippen molar-refractivity contribution in [2.75, 3.05) is 0 Å². The third kappa shape index (κ3) is 3.49. The van der Waals surface area contributed by atoms with Gasteiger partial charge >= 0.3 is 5.97 Å². The smallest absolute Gasteiger partial charge is 0.313 e. The van der Waals surface area contributed by atoms with Crippen LogP contribution in [0.1, 0.15) is 83.1 Å². The molecule has 3 nitrogen and oxygen atoms in total. The minimum Gasteiger partial charge on any atom is -0.461 e. The monoisotopic (exact) mass is 420 g/mol. The molecule has 0 bridgehead atoms. The molecular weight excluding hydrogens is 384 g/mol. The fourth-order valence-electron chi connectivity index (χ4n) is 7.91. The zero-order valence-corrected chi connectivity index (χ0v) is 19.0. The average Bonchev–Trinajstić information content (AvgIpc) is 3.17. The molecule has 31 heavy (non-hydrogen) atoms. The Kier molecular flexibility index (Phi) is 5.56. The zero-order valence-electron chi connectivity index (χ0n) is 19.0. The fourth-order valence-corrected chi connectivity index (χ4v) is 7.91. The first-order valence-electron chi connectivity index (χ1n) is 12.5. The van der Waals surface area contributed by atoms with Crippen LogP contribution in [0, 0.1) is 29.1 Å². The second-order valence-corrected chi connectivity index (χ2v) is 10.6. The van der Waals surface area contributed by atoms with Gasteiger partial charge in [-0.05, 0) is 93.6 Å². The molecule has 0 radical (unpaired) electrons. The Morgan fingerprint density at radius 3 is 2.65 bits per heavy atom. The summed E-state index contributed by atoms with van der Waals surface area (Å²) >= 11 is 0. The molecule has 1 aromatic rings. The molecule has 4 aliphatic rings. The molecule has 3 heteroatoms. The van der Waals surface area contributed by atoms with Crippen LogP contribution in [0.25, 0.3) is 0 Å². The molecular formula is C28H36O3. The van der Waals surface area contributed by atoms with E-state index >= 15 is 0 Å². The molecule has 1 aromatic carbocycles. The first kappa shape index (κ1) is 21.0. The number of ketones is 1. The first-order valence-corrected chi connectivity index (χ1v) is 12.5. The van der Waals surface area contributed by atoms with E-state index in [9.17, 15) is 9.59 Å². The van der Waals surface area contributed by atoms with E-state index in [-0.39, 0.29) is 23.4 Å². The molecule has 1 unspecified atom stereocenters. The van der Waals surface area contributed by atoms with Crippen LogP contribution in [-0.4, -0.2) is 17.9 Å². The normalized spacial score (nSPS) is 37.8. The highest BCUT2D eigenvalue weighted by molar-refractivity contribution is 5.91. The molecule has 0 N–H and O–H groups in total. The molecule has 7 atom stereocenters. The van der Waals surface area contributed by atoms with E-state index < -0.39 is 0 Å². The van der Waals surface area contributed by atoms with Crippen molar-refractivity contribution in [2.24, 2.45) is 29.1 Å². The van der Waals surface area contributed by atoms with Gasteiger partial charge in [-0.15, -0.1) is 0 Å². The van der Waals surface area contributed by atoms with Crippen molar-refractivity contribution < 1.29 is 14.3 Å². The van der Waals surface area contributed by atoms with Gasteiger partial charge in [-0.1, -0.05) is 42.8 Å². The molecule has 4 aliphatic carbocycles. The minimum absolute atomic E-state index is 0.0620. The highest BCUT2D eigenvalue weighted by Crippen LogP contribution is 2.63. The van der Waals surface area contributed by atoms with Gasteiger partial charge < -0.3 is 4.74 Å². The summed E-state index contributed by atoms with van der Waals surface area (Å²) in [5.41, 5.74) is 2.63. The molecule has 0 aromatic heterocycles. The second kappa shape index (κ2) is 8.22. The largest absolute Gasteiger partial charge is 0.461 e. The van der Waals surface area contributed by atoms with E-state index in [4.69, 9.17) is 4.74 Å². The topological polar surface area (TPSA) is 43.4 Å². The predicted molar refractivity (Wildman–Crippen MR) is 121 cm³/mol. The summed E-state index contributed by atoms with van der Waals surface area (Å²) in [6.45, 7) is 4.28. The third-order valence-corrected chi connectivity index (χ3v) is 9.51. The standard InChI is InChI=1S/C28H36O3/c1-3-28-16-15-23-22-12-10-21(29)17-20(22)9-11-24(23)25(28)13-14-26(28)31-27(30)18(2)19-7-5-4-6-8-19/h4-8,17-18,22-26H,3,9-16H2,1-2H3/t18?,22-,23+,24+,25-,26-,28-/m0/s1. The molecule has 5 rings (SSSR count). The molecule has 3 fully saturated rings. The Bertz CT molecular complexity index is 872. The van der Waals surface area contributed by atoms with Crippen molar-refractivity contribution in [3.63, 3.8) is 0 Å². The number of ether oxygens (including phenoxy) is 1. The molecule has 0 aliphatic heterocycles. The number of allylic oxidation sites excluding steroid dienone is 1. The molecule has 166 valence electrons. The number of benzene rings is 1. The van der Waals surface area contributed by atoms with Gasteiger partial charge in [-0.25, -0.2) is 0 Å². The van der Waals surface area contributed by atoms with Crippen LogP contribution in [0.2, 0.25) is 0 Å². The Hall–Kier alpha value is -1.90. The summed E-state index contributed by atoms with van der Waals surface area (Å²) in [4.78, 5) is 25.0. The van der Waals surface area contributed by atoms with Gasteiger partial charge in [0.15, 0.2) is 5.78 Å². The van der Waals surface area contributed by atoms with Crippen LogP contribution in [0.5, 0.6) is 0 Å². The highest BCUT2D eigenvalue weighted by atomic mass is 16.5. The van der Waals surface area contributed by atoms with E-state index in [1.807, 2.05) is 43.3 Å². The Morgan fingerprint density at radius 2 is 1.87 bits per heavy atom. The molecule has 0 spiro atoms. The Labute approximate surface area is 186 Å².